The topological polar surface area (TPSA) is 39.1 Å². The van der Waals surface area contributed by atoms with Gasteiger partial charge in [-0.15, -0.1) is 0 Å². The minimum atomic E-state index is 0.191. The lowest BCUT2D eigenvalue weighted by Crippen LogP contribution is -2.34. The normalized spacial score (nSPS) is 11.4. The van der Waals surface area contributed by atoms with Crippen molar-refractivity contribution in [2.75, 3.05) is 32.5 Å². The van der Waals surface area contributed by atoms with Gasteiger partial charge in [0.05, 0.1) is 11.6 Å². The summed E-state index contributed by atoms with van der Waals surface area (Å²) in [4.78, 5) is 2.19. The highest BCUT2D eigenvalue weighted by Crippen LogP contribution is 2.25. The summed E-state index contributed by atoms with van der Waals surface area (Å²) in [7, 11) is 4.17. The molecule has 0 saturated heterocycles. The van der Waals surface area contributed by atoms with Crippen molar-refractivity contribution in [2.24, 2.45) is 5.41 Å². The summed E-state index contributed by atoms with van der Waals surface area (Å²) in [6.07, 6.45) is 0. The molecule has 3 nitrogen and oxygen atoms in total. The largest absolute Gasteiger partial charge is 0.384 e. The van der Waals surface area contributed by atoms with Crippen LogP contribution in [0.5, 0.6) is 0 Å². The van der Waals surface area contributed by atoms with Gasteiger partial charge < -0.3 is 10.2 Å². The Hall–Kier alpha value is -1.05. The van der Waals surface area contributed by atoms with E-state index in [1.165, 1.54) is 0 Å². The van der Waals surface area contributed by atoms with E-state index in [0.29, 0.717) is 5.56 Å². The predicted octanol–water partition coefficient (Wildman–Crippen LogP) is 3.32. The van der Waals surface area contributed by atoms with Gasteiger partial charge in [-0.3, -0.25) is 0 Å². The summed E-state index contributed by atoms with van der Waals surface area (Å²) < 4.78 is 0.933. The third-order valence-electron chi connectivity index (χ3n) is 2.60. The lowest BCUT2D eigenvalue weighted by atomic mass is 9.93. The number of rotatable bonds is 5. The number of benzene rings is 1. The van der Waals surface area contributed by atoms with Crippen molar-refractivity contribution in [1.29, 1.82) is 5.26 Å². The Balaban J connectivity index is 2.67. The van der Waals surface area contributed by atoms with E-state index in [0.717, 1.165) is 23.2 Å². The first-order valence-corrected chi connectivity index (χ1v) is 6.71. The molecule has 0 amide bonds. The Morgan fingerprint density at radius 3 is 2.56 bits per heavy atom. The molecular formula is C14H20BrN3. The van der Waals surface area contributed by atoms with Crippen molar-refractivity contribution in [1.82, 2.24) is 4.90 Å². The third-order valence-corrected chi connectivity index (χ3v) is 3.26. The van der Waals surface area contributed by atoms with Gasteiger partial charge in [-0.25, -0.2) is 0 Å². The number of hydrogen-bond acceptors (Lipinski definition) is 3. The molecule has 98 valence electrons. The second-order valence-corrected chi connectivity index (χ2v) is 6.42. The maximum absolute atomic E-state index is 8.81. The molecule has 0 heterocycles. The van der Waals surface area contributed by atoms with Crippen LogP contribution in [0, 0.1) is 16.7 Å². The molecule has 0 atom stereocenters. The second-order valence-electron chi connectivity index (χ2n) is 5.56. The van der Waals surface area contributed by atoms with Crippen LogP contribution in [-0.2, 0) is 0 Å². The Morgan fingerprint density at radius 2 is 2.06 bits per heavy atom. The number of hydrogen-bond donors (Lipinski definition) is 1. The number of anilines is 1. The van der Waals surface area contributed by atoms with Crippen LogP contribution in [0.25, 0.3) is 0 Å². The first-order chi connectivity index (χ1) is 8.34. The Labute approximate surface area is 118 Å². The van der Waals surface area contributed by atoms with Gasteiger partial charge in [0.25, 0.3) is 0 Å². The fourth-order valence-corrected chi connectivity index (χ4v) is 2.49. The molecule has 0 radical (unpaired) electrons. The average molecular weight is 310 g/mol. The predicted molar refractivity (Wildman–Crippen MR) is 79.7 cm³/mol. The van der Waals surface area contributed by atoms with Gasteiger partial charge in [-0.1, -0.05) is 13.8 Å². The summed E-state index contributed by atoms with van der Waals surface area (Å²) >= 11 is 3.48. The Bertz CT molecular complexity index is 447. The van der Waals surface area contributed by atoms with Crippen LogP contribution in [0.15, 0.2) is 22.7 Å². The molecule has 0 saturated carbocycles. The van der Waals surface area contributed by atoms with Gasteiger partial charge in [0.2, 0.25) is 0 Å². The molecule has 1 aromatic rings. The summed E-state index contributed by atoms with van der Waals surface area (Å²) in [5.41, 5.74) is 1.89. The van der Waals surface area contributed by atoms with Crippen LogP contribution >= 0.6 is 15.9 Å². The van der Waals surface area contributed by atoms with Gasteiger partial charge in [-0.05, 0) is 53.6 Å². The molecule has 0 bridgehead atoms. The number of halogens is 1. The summed E-state index contributed by atoms with van der Waals surface area (Å²) in [5.74, 6) is 0. The quantitative estimate of drug-likeness (QED) is 0.907. The molecule has 0 aromatic heterocycles. The molecule has 0 aliphatic heterocycles. The lowest BCUT2D eigenvalue weighted by Gasteiger charge is -2.29. The molecule has 1 N–H and O–H groups in total. The van der Waals surface area contributed by atoms with Crippen LogP contribution in [0.3, 0.4) is 0 Å². The van der Waals surface area contributed by atoms with Gasteiger partial charge >= 0.3 is 0 Å². The average Bonchev–Trinajstić information content (AvgIpc) is 2.25. The van der Waals surface area contributed by atoms with Crippen molar-refractivity contribution in [3.8, 4) is 6.07 Å². The first-order valence-electron chi connectivity index (χ1n) is 5.92. The van der Waals surface area contributed by atoms with Crippen molar-refractivity contribution in [3.63, 3.8) is 0 Å². The van der Waals surface area contributed by atoms with Crippen LogP contribution in [0.2, 0.25) is 0 Å². The van der Waals surface area contributed by atoms with Gasteiger partial charge in [0.15, 0.2) is 0 Å². The van der Waals surface area contributed by atoms with Crippen LogP contribution in [0.4, 0.5) is 5.69 Å². The highest BCUT2D eigenvalue weighted by atomic mass is 79.9. The molecule has 0 fully saturated rings. The number of nitrogens with one attached hydrogen (secondary N) is 1. The zero-order chi connectivity index (χ0) is 13.8. The van der Waals surface area contributed by atoms with Crippen molar-refractivity contribution >= 4 is 21.6 Å². The van der Waals surface area contributed by atoms with E-state index < -0.39 is 0 Å². The zero-order valence-corrected chi connectivity index (χ0v) is 13.0. The number of nitrogens with zero attached hydrogens (tertiary/aromatic N) is 2. The van der Waals surface area contributed by atoms with E-state index >= 15 is 0 Å². The fraction of sp³-hybridized carbons (Fsp3) is 0.500. The molecule has 0 unspecified atom stereocenters. The maximum Gasteiger partial charge on any atom is 0.0992 e. The SMILES string of the molecule is CN(C)CC(C)(C)CNc1ccc(C#N)cc1Br. The minimum Gasteiger partial charge on any atom is -0.384 e. The molecule has 1 rings (SSSR count). The van der Waals surface area contributed by atoms with E-state index in [1.807, 2.05) is 18.2 Å². The summed E-state index contributed by atoms with van der Waals surface area (Å²) in [6.45, 7) is 6.37. The molecule has 0 spiro atoms. The smallest absolute Gasteiger partial charge is 0.0992 e. The van der Waals surface area contributed by atoms with Crippen LogP contribution < -0.4 is 5.32 Å². The van der Waals surface area contributed by atoms with Crippen molar-refractivity contribution in [3.05, 3.63) is 28.2 Å². The van der Waals surface area contributed by atoms with E-state index in [-0.39, 0.29) is 5.41 Å². The highest BCUT2D eigenvalue weighted by Gasteiger charge is 2.18. The fourth-order valence-electron chi connectivity index (χ4n) is 1.97. The molecule has 4 heteroatoms. The van der Waals surface area contributed by atoms with Crippen LogP contribution in [-0.4, -0.2) is 32.1 Å². The number of nitriles is 1. The van der Waals surface area contributed by atoms with Gasteiger partial charge in [0.1, 0.15) is 0 Å². The summed E-state index contributed by atoms with van der Waals surface area (Å²) in [5, 5.41) is 12.2. The van der Waals surface area contributed by atoms with E-state index in [9.17, 15) is 0 Å². The first kappa shape index (κ1) is 15.0. The molecular weight excluding hydrogens is 290 g/mol. The second kappa shape index (κ2) is 6.21. The van der Waals surface area contributed by atoms with E-state index in [1.54, 1.807) is 0 Å². The molecule has 1 aromatic carbocycles. The van der Waals surface area contributed by atoms with Gasteiger partial charge in [-0.2, -0.15) is 5.26 Å². The Morgan fingerprint density at radius 1 is 1.39 bits per heavy atom. The molecule has 18 heavy (non-hydrogen) atoms. The molecule has 0 aliphatic rings. The third kappa shape index (κ3) is 4.67. The maximum atomic E-state index is 8.81. The monoisotopic (exact) mass is 309 g/mol. The standard InChI is InChI=1S/C14H20BrN3/c1-14(2,10-18(3)4)9-17-13-6-5-11(8-16)7-12(13)15/h5-7,17H,9-10H2,1-4H3. The van der Waals surface area contributed by atoms with Crippen LogP contribution in [0.1, 0.15) is 19.4 Å². The van der Waals surface area contributed by atoms with E-state index in [2.05, 4.69) is 60.2 Å². The Kier molecular flexibility index (Phi) is 5.18. The molecule has 0 aliphatic carbocycles. The van der Waals surface area contributed by atoms with Gasteiger partial charge in [0, 0.05) is 23.2 Å². The highest BCUT2D eigenvalue weighted by molar-refractivity contribution is 9.10. The van der Waals surface area contributed by atoms with Crippen molar-refractivity contribution < 1.29 is 0 Å². The minimum absolute atomic E-state index is 0.191. The van der Waals surface area contributed by atoms with Crippen molar-refractivity contribution in [2.45, 2.75) is 13.8 Å². The van der Waals surface area contributed by atoms with E-state index in [4.69, 9.17) is 5.26 Å². The lowest BCUT2D eigenvalue weighted by molar-refractivity contribution is 0.254. The summed E-state index contributed by atoms with van der Waals surface area (Å²) in [6, 6.07) is 7.73. The zero-order valence-electron chi connectivity index (χ0n) is 11.4.